The van der Waals surface area contributed by atoms with Crippen LogP contribution in [0.2, 0.25) is 0 Å². The average Bonchev–Trinajstić information content (AvgIpc) is 3.39. The van der Waals surface area contributed by atoms with Crippen molar-refractivity contribution in [1.82, 2.24) is 0 Å². The second kappa shape index (κ2) is 8.66. The minimum Gasteiger partial charge on any atom is -0.463 e. The molecular formula is C34H46O5. The molecule has 0 aromatic heterocycles. The molecule has 0 amide bonds. The van der Waals surface area contributed by atoms with Gasteiger partial charge in [0, 0.05) is 17.8 Å². The van der Waals surface area contributed by atoms with E-state index in [1.54, 1.807) is 0 Å². The Morgan fingerprint density at radius 1 is 1.03 bits per heavy atom. The van der Waals surface area contributed by atoms with Crippen molar-refractivity contribution in [3.8, 4) is 0 Å². The second-order valence-electron chi connectivity index (χ2n) is 14.7. The maximum atomic E-state index is 13.6. The van der Waals surface area contributed by atoms with Gasteiger partial charge in [0.15, 0.2) is 0 Å². The van der Waals surface area contributed by atoms with Crippen molar-refractivity contribution < 1.29 is 23.9 Å². The Morgan fingerprint density at radius 3 is 2.44 bits per heavy atom. The first-order valence-corrected chi connectivity index (χ1v) is 15.3. The van der Waals surface area contributed by atoms with Gasteiger partial charge in [0.25, 0.3) is 0 Å². The highest BCUT2D eigenvalue weighted by atomic mass is 16.6. The smallest absolute Gasteiger partial charge is 0.318 e. The summed E-state index contributed by atoms with van der Waals surface area (Å²) in [5.74, 6) is 0.418. The molecule has 39 heavy (non-hydrogen) atoms. The van der Waals surface area contributed by atoms with Crippen LogP contribution >= 0.6 is 0 Å². The van der Waals surface area contributed by atoms with Gasteiger partial charge in [-0.05, 0) is 78.9 Å². The highest BCUT2D eigenvalue weighted by Gasteiger charge is 2.79. The quantitative estimate of drug-likeness (QED) is 0.220. The van der Waals surface area contributed by atoms with Crippen molar-refractivity contribution >= 4 is 17.9 Å². The third-order valence-corrected chi connectivity index (χ3v) is 12.9. The number of carbonyl (C=O) groups excluding carboxylic acids is 3. The van der Waals surface area contributed by atoms with E-state index in [0.29, 0.717) is 30.1 Å². The number of carbonyl (C=O) groups is 3. The number of hydrogen-bond acceptors (Lipinski definition) is 5. The van der Waals surface area contributed by atoms with Gasteiger partial charge in [-0.3, -0.25) is 14.4 Å². The van der Waals surface area contributed by atoms with Crippen molar-refractivity contribution in [2.45, 2.75) is 93.1 Å². The molecule has 11 atom stereocenters. The van der Waals surface area contributed by atoms with Crippen LogP contribution in [0.5, 0.6) is 0 Å². The fraction of sp³-hybridized carbons (Fsp3) is 0.735. The standard InChI is InChI=1S/C34H46O5/c1-19(2)20(3)8-9-21(4)24-10-11-25-31(24,6)14-13-26-32(7)15-12-23(38-22(5)35)18-33(32)16-17-34(25,26)28-27(33)29(36)39-30(28)37/h8-9,13,16-17,19-21,23-25,27-28H,10-12,14-15,18H2,1-7H3/b9-8+. The molecule has 2 bridgehead atoms. The lowest BCUT2D eigenvalue weighted by Crippen LogP contribution is -2.68. The predicted octanol–water partition coefficient (Wildman–Crippen LogP) is 6.83. The first kappa shape index (κ1) is 27.0. The van der Waals surface area contributed by atoms with E-state index in [9.17, 15) is 14.4 Å². The van der Waals surface area contributed by atoms with Crippen molar-refractivity contribution in [3.63, 3.8) is 0 Å². The summed E-state index contributed by atoms with van der Waals surface area (Å²) in [5.41, 5.74) is 0.0985. The van der Waals surface area contributed by atoms with Crippen LogP contribution in [-0.2, 0) is 23.9 Å². The summed E-state index contributed by atoms with van der Waals surface area (Å²) in [6.45, 7) is 15.4. The topological polar surface area (TPSA) is 69.7 Å². The molecule has 6 aliphatic carbocycles. The third kappa shape index (κ3) is 3.34. The number of esters is 3. The number of allylic oxidation sites excluding steroid dienone is 6. The lowest BCUT2D eigenvalue weighted by atomic mass is 9.30. The van der Waals surface area contributed by atoms with E-state index in [2.05, 4.69) is 71.9 Å². The molecular weight excluding hydrogens is 488 g/mol. The van der Waals surface area contributed by atoms with Crippen LogP contribution in [0.3, 0.4) is 0 Å². The summed E-state index contributed by atoms with van der Waals surface area (Å²) >= 11 is 0. The fourth-order valence-electron chi connectivity index (χ4n) is 10.7. The van der Waals surface area contributed by atoms with Crippen molar-refractivity contribution in [1.29, 1.82) is 0 Å². The molecule has 5 nitrogen and oxygen atoms in total. The molecule has 1 heterocycles. The van der Waals surface area contributed by atoms with E-state index in [4.69, 9.17) is 9.47 Å². The first-order chi connectivity index (χ1) is 18.3. The molecule has 212 valence electrons. The summed E-state index contributed by atoms with van der Waals surface area (Å²) in [6, 6.07) is 0. The van der Waals surface area contributed by atoms with E-state index < -0.39 is 22.7 Å². The zero-order valence-electron chi connectivity index (χ0n) is 24.8. The molecule has 11 unspecified atom stereocenters. The Labute approximate surface area is 233 Å². The van der Waals surface area contributed by atoms with Gasteiger partial charge in [-0.2, -0.15) is 0 Å². The third-order valence-electron chi connectivity index (χ3n) is 12.9. The number of rotatable bonds is 5. The summed E-state index contributed by atoms with van der Waals surface area (Å²) < 4.78 is 11.2. The maximum Gasteiger partial charge on any atom is 0.318 e. The molecule has 7 rings (SSSR count). The van der Waals surface area contributed by atoms with Crippen molar-refractivity contribution in [3.05, 3.63) is 36.0 Å². The molecule has 2 spiro atoms. The lowest BCUT2D eigenvalue weighted by Gasteiger charge is -2.71. The van der Waals surface area contributed by atoms with Crippen LogP contribution in [0.25, 0.3) is 0 Å². The number of hydrogen-bond donors (Lipinski definition) is 0. The van der Waals surface area contributed by atoms with Crippen molar-refractivity contribution in [2.24, 2.45) is 63.1 Å². The molecule has 0 aromatic carbocycles. The van der Waals surface area contributed by atoms with Gasteiger partial charge in [0.2, 0.25) is 0 Å². The Kier molecular flexibility index (Phi) is 6.00. The van der Waals surface area contributed by atoms with Crippen LogP contribution in [-0.4, -0.2) is 24.0 Å². The molecule has 4 fully saturated rings. The van der Waals surface area contributed by atoms with Crippen LogP contribution in [0.4, 0.5) is 0 Å². The zero-order valence-corrected chi connectivity index (χ0v) is 24.8. The van der Waals surface area contributed by atoms with Crippen LogP contribution in [0.15, 0.2) is 36.0 Å². The average molecular weight is 535 g/mol. The summed E-state index contributed by atoms with van der Waals surface area (Å²) in [6.07, 6.45) is 17.1. The van der Waals surface area contributed by atoms with E-state index in [1.165, 1.54) is 12.5 Å². The maximum absolute atomic E-state index is 13.6. The zero-order chi connectivity index (χ0) is 28.1. The van der Waals surface area contributed by atoms with Gasteiger partial charge in [0.05, 0.1) is 11.8 Å². The van der Waals surface area contributed by atoms with Crippen molar-refractivity contribution in [2.75, 3.05) is 0 Å². The normalized spacial score (nSPS) is 47.3. The summed E-state index contributed by atoms with van der Waals surface area (Å²) in [4.78, 5) is 39.1. The monoisotopic (exact) mass is 534 g/mol. The Balaban J connectivity index is 1.45. The summed E-state index contributed by atoms with van der Waals surface area (Å²) in [5, 5.41) is 0. The van der Waals surface area contributed by atoms with Gasteiger partial charge >= 0.3 is 17.9 Å². The minimum absolute atomic E-state index is 0.0395. The molecule has 1 aliphatic heterocycles. The molecule has 1 saturated heterocycles. The molecule has 5 heteroatoms. The Morgan fingerprint density at radius 2 is 1.74 bits per heavy atom. The molecule has 3 saturated carbocycles. The molecule has 7 aliphatic rings. The van der Waals surface area contributed by atoms with E-state index in [1.807, 2.05) is 0 Å². The van der Waals surface area contributed by atoms with Gasteiger partial charge in [0.1, 0.15) is 6.10 Å². The number of cyclic esters (lactones) is 2. The van der Waals surface area contributed by atoms with Crippen LogP contribution < -0.4 is 0 Å². The largest absolute Gasteiger partial charge is 0.463 e. The fourth-order valence-corrected chi connectivity index (χ4v) is 10.7. The molecule has 0 aromatic rings. The Bertz CT molecular complexity index is 1190. The van der Waals surface area contributed by atoms with E-state index in [0.717, 1.165) is 32.1 Å². The highest BCUT2D eigenvalue weighted by molar-refractivity contribution is 5.99. The van der Waals surface area contributed by atoms with Crippen LogP contribution in [0.1, 0.15) is 87.0 Å². The van der Waals surface area contributed by atoms with E-state index >= 15 is 0 Å². The van der Waals surface area contributed by atoms with E-state index in [-0.39, 0.29) is 40.8 Å². The SMILES string of the molecule is CC(=O)OC1CCC2(C)C3=CCC4(C)C(C(C)/C=C/C(C)C(C)C)CCC4C34C=CC2(C1)C1C(=O)OC(=O)C14. The number of ether oxygens (including phenoxy) is 2. The molecule has 0 radical (unpaired) electrons. The predicted molar refractivity (Wildman–Crippen MR) is 149 cm³/mol. The molecule has 0 N–H and O–H groups in total. The van der Waals surface area contributed by atoms with Gasteiger partial charge in [-0.25, -0.2) is 0 Å². The first-order valence-electron chi connectivity index (χ1n) is 15.3. The van der Waals surface area contributed by atoms with Gasteiger partial charge in [-0.1, -0.05) is 77.5 Å². The number of fused-ring (bicyclic) bond motifs is 1. The second-order valence-corrected chi connectivity index (χ2v) is 14.7. The summed E-state index contributed by atoms with van der Waals surface area (Å²) in [7, 11) is 0. The minimum atomic E-state index is -0.568. The van der Waals surface area contributed by atoms with Gasteiger partial charge < -0.3 is 9.47 Å². The van der Waals surface area contributed by atoms with Gasteiger partial charge in [-0.15, -0.1) is 0 Å². The highest BCUT2D eigenvalue weighted by Crippen LogP contribution is 2.81. The Hall–Kier alpha value is -2.17. The lowest BCUT2D eigenvalue weighted by molar-refractivity contribution is -0.174. The van der Waals surface area contributed by atoms with Crippen LogP contribution in [0, 0.1) is 63.1 Å².